The van der Waals surface area contributed by atoms with Crippen LogP contribution in [0.1, 0.15) is 11.4 Å². The average molecular weight is 310 g/mol. The fourth-order valence-electron chi connectivity index (χ4n) is 2.22. The number of rotatable bonds is 4. The van der Waals surface area contributed by atoms with Crippen molar-refractivity contribution in [2.24, 2.45) is 0 Å². The van der Waals surface area contributed by atoms with E-state index in [1.54, 1.807) is 30.6 Å². The van der Waals surface area contributed by atoms with Gasteiger partial charge in [0.2, 0.25) is 5.91 Å². The zero-order valence-corrected chi connectivity index (χ0v) is 12.5. The van der Waals surface area contributed by atoms with E-state index in [0.29, 0.717) is 5.69 Å². The van der Waals surface area contributed by atoms with Crippen molar-refractivity contribution >= 4 is 11.6 Å². The lowest BCUT2D eigenvalue weighted by Gasteiger charge is -2.07. The van der Waals surface area contributed by atoms with Crippen LogP contribution < -0.4 is 5.32 Å². The number of amides is 1. The van der Waals surface area contributed by atoms with E-state index in [0.717, 1.165) is 17.2 Å². The first kappa shape index (κ1) is 14.9. The summed E-state index contributed by atoms with van der Waals surface area (Å²) in [5, 5.41) is 2.77. The van der Waals surface area contributed by atoms with E-state index >= 15 is 0 Å². The molecule has 5 nitrogen and oxygen atoms in total. The molecule has 0 radical (unpaired) electrons. The van der Waals surface area contributed by atoms with Crippen LogP contribution in [0.3, 0.4) is 0 Å². The number of benzene rings is 1. The van der Waals surface area contributed by atoms with Crippen LogP contribution in [0.5, 0.6) is 0 Å². The second kappa shape index (κ2) is 6.39. The lowest BCUT2D eigenvalue weighted by molar-refractivity contribution is -0.115. The molecule has 3 aromatic rings. The molecule has 6 heteroatoms. The molecule has 1 aromatic carbocycles. The van der Waals surface area contributed by atoms with Gasteiger partial charge in [-0.1, -0.05) is 12.1 Å². The maximum Gasteiger partial charge on any atom is 0.228 e. The molecule has 3 rings (SSSR count). The van der Waals surface area contributed by atoms with Crippen molar-refractivity contribution in [2.45, 2.75) is 13.3 Å². The van der Waals surface area contributed by atoms with Crippen LogP contribution in [0, 0.1) is 12.7 Å². The highest BCUT2D eigenvalue weighted by Gasteiger charge is 2.06. The summed E-state index contributed by atoms with van der Waals surface area (Å²) in [5.41, 5.74) is 1.36. The van der Waals surface area contributed by atoms with Crippen molar-refractivity contribution < 1.29 is 9.18 Å². The summed E-state index contributed by atoms with van der Waals surface area (Å²) in [4.78, 5) is 20.4. The largest absolute Gasteiger partial charge is 0.324 e. The number of imidazole rings is 1. The highest BCUT2D eigenvalue weighted by atomic mass is 19.1. The molecule has 116 valence electrons. The first-order valence-electron chi connectivity index (χ1n) is 7.12. The van der Waals surface area contributed by atoms with Crippen molar-refractivity contribution in [3.8, 4) is 5.82 Å². The van der Waals surface area contributed by atoms with E-state index in [-0.39, 0.29) is 18.1 Å². The Bertz CT molecular complexity index is 809. The number of halogens is 1. The Morgan fingerprint density at radius 2 is 1.96 bits per heavy atom. The SMILES string of the molecule is Cc1nccn1-c1ccc(NC(=O)Cc2ccc(F)cc2)cn1. The van der Waals surface area contributed by atoms with E-state index in [1.807, 2.05) is 23.8 Å². The Morgan fingerprint density at radius 1 is 1.17 bits per heavy atom. The van der Waals surface area contributed by atoms with Gasteiger partial charge in [0.15, 0.2) is 0 Å². The normalized spacial score (nSPS) is 10.5. The number of carbonyl (C=O) groups is 1. The van der Waals surface area contributed by atoms with Gasteiger partial charge in [0.1, 0.15) is 17.5 Å². The minimum absolute atomic E-state index is 0.176. The van der Waals surface area contributed by atoms with Gasteiger partial charge in [-0.15, -0.1) is 0 Å². The van der Waals surface area contributed by atoms with Crippen molar-refractivity contribution in [3.63, 3.8) is 0 Å². The molecule has 0 saturated carbocycles. The third kappa shape index (κ3) is 3.60. The van der Waals surface area contributed by atoms with Crippen LogP contribution in [0.25, 0.3) is 5.82 Å². The van der Waals surface area contributed by atoms with Crippen LogP contribution in [-0.2, 0) is 11.2 Å². The van der Waals surface area contributed by atoms with Crippen LogP contribution in [-0.4, -0.2) is 20.4 Å². The molecule has 0 aliphatic carbocycles. The van der Waals surface area contributed by atoms with Gasteiger partial charge >= 0.3 is 0 Å². The fraction of sp³-hybridized carbons (Fsp3) is 0.118. The molecule has 0 fully saturated rings. The van der Waals surface area contributed by atoms with Gasteiger partial charge in [-0.05, 0) is 36.8 Å². The zero-order valence-electron chi connectivity index (χ0n) is 12.5. The summed E-state index contributed by atoms with van der Waals surface area (Å²) in [7, 11) is 0. The van der Waals surface area contributed by atoms with Gasteiger partial charge in [0, 0.05) is 12.4 Å². The molecule has 0 saturated heterocycles. The molecular weight excluding hydrogens is 295 g/mol. The molecule has 0 unspecified atom stereocenters. The van der Waals surface area contributed by atoms with Gasteiger partial charge < -0.3 is 5.32 Å². The van der Waals surface area contributed by atoms with E-state index in [9.17, 15) is 9.18 Å². The summed E-state index contributed by atoms with van der Waals surface area (Å²) in [6.45, 7) is 1.89. The van der Waals surface area contributed by atoms with Crippen LogP contribution in [0.15, 0.2) is 55.0 Å². The molecule has 0 aliphatic rings. The van der Waals surface area contributed by atoms with Gasteiger partial charge in [-0.25, -0.2) is 14.4 Å². The molecule has 0 spiro atoms. The third-order valence-corrected chi connectivity index (χ3v) is 3.38. The second-order valence-corrected chi connectivity index (χ2v) is 5.10. The summed E-state index contributed by atoms with van der Waals surface area (Å²) in [6.07, 6.45) is 5.31. The van der Waals surface area contributed by atoms with Crippen molar-refractivity contribution in [2.75, 3.05) is 5.32 Å². The summed E-state index contributed by atoms with van der Waals surface area (Å²) in [5.74, 6) is 1.08. The van der Waals surface area contributed by atoms with E-state index in [2.05, 4.69) is 15.3 Å². The number of hydrogen-bond donors (Lipinski definition) is 1. The Kier molecular flexibility index (Phi) is 4.14. The molecule has 23 heavy (non-hydrogen) atoms. The predicted octanol–water partition coefficient (Wildman–Crippen LogP) is 2.90. The summed E-state index contributed by atoms with van der Waals surface area (Å²) in [6, 6.07) is 9.46. The second-order valence-electron chi connectivity index (χ2n) is 5.10. The Morgan fingerprint density at radius 3 is 2.57 bits per heavy atom. The number of nitrogens with zero attached hydrogens (tertiary/aromatic N) is 3. The highest BCUT2D eigenvalue weighted by Crippen LogP contribution is 2.12. The molecule has 0 atom stereocenters. The summed E-state index contributed by atoms with van der Waals surface area (Å²) < 4.78 is 14.7. The van der Waals surface area contributed by atoms with Crippen LogP contribution >= 0.6 is 0 Å². The third-order valence-electron chi connectivity index (χ3n) is 3.38. The number of anilines is 1. The maximum atomic E-state index is 12.8. The van der Waals surface area contributed by atoms with Crippen molar-refractivity contribution in [1.82, 2.24) is 14.5 Å². The van der Waals surface area contributed by atoms with Gasteiger partial charge in [-0.3, -0.25) is 9.36 Å². The van der Waals surface area contributed by atoms with Gasteiger partial charge in [0.05, 0.1) is 18.3 Å². The average Bonchev–Trinajstić information content (AvgIpc) is 2.96. The van der Waals surface area contributed by atoms with Crippen LogP contribution in [0.2, 0.25) is 0 Å². The van der Waals surface area contributed by atoms with Crippen molar-refractivity contribution in [1.29, 1.82) is 0 Å². The quantitative estimate of drug-likeness (QED) is 0.806. The first-order chi connectivity index (χ1) is 11.1. The lowest BCUT2D eigenvalue weighted by Crippen LogP contribution is -2.14. The van der Waals surface area contributed by atoms with Crippen LogP contribution in [0.4, 0.5) is 10.1 Å². The molecule has 2 aromatic heterocycles. The fourth-order valence-corrected chi connectivity index (χ4v) is 2.22. The lowest BCUT2D eigenvalue weighted by atomic mass is 10.1. The number of carbonyl (C=O) groups excluding carboxylic acids is 1. The molecule has 0 bridgehead atoms. The smallest absolute Gasteiger partial charge is 0.228 e. The number of aromatic nitrogens is 3. The van der Waals surface area contributed by atoms with E-state index < -0.39 is 0 Å². The molecule has 1 N–H and O–H groups in total. The monoisotopic (exact) mass is 310 g/mol. The molecule has 0 aliphatic heterocycles. The highest BCUT2D eigenvalue weighted by molar-refractivity contribution is 5.92. The molecular formula is C17H15FN4O. The number of pyridine rings is 1. The maximum absolute atomic E-state index is 12.8. The number of aryl methyl sites for hydroxylation is 1. The minimum Gasteiger partial charge on any atom is -0.324 e. The minimum atomic E-state index is -0.316. The van der Waals surface area contributed by atoms with Crippen molar-refractivity contribution in [3.05, 3.63) is 72.2 Å². The zero-order chi connectivity index (χ0) is 16.2. The van der Waals surface area contributed by atoms with Gasteiger partial charge in [-0.2, -0.15) is 0 Å². The molecule has 2 heterocycles. The first-order valence-corrected chi connectivity index (χ1v) is 7.12. The summed E-state index contributed by atoms with van der Waals surface area (Å²) >= 11 is 0. The standard InChI is InChI=1S/C17H15FN4O/c1-12-19-8-9-22(12)16-7-6-15(11-20-16)21-17(23)10-13-2-4-14(18)5-3-13/h2-9,11H,10H2,1H3,(H,21,23). The van der Waals surface area contributed by atoms with E-state index in [4.69, 9.17) is 0 Å². The number of nitrogens with one attached hydrogen (secondary N) is 1. The predicted molar refractivity (Wildman–Crippen MR) is 84.8 cm³/mol. The number of hydrogen-bond acceptors (Lipinski definition) is 3. The Labute approximate surface area is 132 Å². The van der Waals surface area contributed by atoms with E-state index in [1.165, 1.54) is 12.1 Å². The Hall–Kier alpha value is -3.02. The molecule has 1 amide bonds. The Balaban J connectivity index is 1.65. The van der Waals surface area contributed by atoms with Gasteiger partial charge in [0.25, 0.3) is 0 Å². The topological polar surface area (TPSA) is 59.8 Å².